The molecule has 0 atom stereocenters. The van der Waals surface area contributed by atoms with Crippen molar-refractivity contribution in [1.29, 1.82) is 0 Å². The van der Waals surface area contributed by atoms with Gasteiger partial charge in [0.1, 0.15) is 0 Å². The van der Waals surface area contributed by atoms with Crippen molar-refractivity contribution in [2.75, 3.05) is 18.5 Å². The Hall–Kier alpha value is -3.34. The van der Waals surface area contributed by atoms with Crippen molar-refractivity contribution in [3.63, 3.8) is 0 Å². The molecule has 0 aromatic heterocycles. The molecule has 1 aliphatic rings. The first-order valence-corrected chi connectivity index (χ1v) is 7.98. The molecule has 5 nitrogen and oxygen atoms in total. The van der Waals surface area contributed by atoms with Crippen LogP contribution in [-0.2, 0) is 11.2 Å². The number of allylic oxidation sites excluding steroid dienone is 3. The molecule has 0 unspecified atom stereocenters. The molecule has 5 N–H and O–H groups in total. The van der Waals surface area contributed by atoms with Gasteiger partial charge in [-0.3, -0.25) is 4.79 Å². The van der Waals surface area contributed by atoms with Crippen LogP contribution in [0.3, 0.4) is 0 Å². The minimum absolute atomic E-state index is 0.0163. The van der Waals surface area contributed by atoms with Gasteiger partial charge in [-0.1, -0.05) is 12.1 Å². The van der Waals surface area contributed by atoms with E-state index in [1.807, 2.05) is 42.5 Å². The first-order chi connectivity index (χ1) is 12.0. The normalized spacial score (nSPS) is 15.7. The fourth-order valence-corrected chi connectivity index (χ4v) is 2.59. The van der Waals surface area contributed by atoms with Gasteiger partial charge in [-0.15, -0.1) is 0 Å². The van der Waals surface area contributed by atoms with Crippen LogP contribution in [0, 0.1) is 0 Å². The van der Waals surface area contributed by atoms with E-state index in [4.69, 9.17) is 11.5 Å². The average Bonchev–Trinajstić information content (AvgIpc) is 2.61. The third kappa shape index (κ3) is 3.95. The summed E-state index contributed by atoms with van der Waals surface area (Å²) in [4.78, 5) is 17.0. The number of anilines is 2. The van der Waals surface area contributed by atoms with Crippen LogP contribution < -0.4 is 16.8 Å². The van der Waals surface area contributed by atoms with Crippen molar-refractivity contribution in [2.45, 2.75) is 6.42 Å². The van der Waals surface area contributed by atoms with Crippen molar-refractivity contribution in [3.05, 3.63) is 77.5 Å². The Kier molecular flexibility index (Phi) is 4.66. The van der Waals surface area contributed by atoms with E-state index < -0.39 is 0 Å². The second-order valence-electron chi connectivity index (χ2n) is 5.85. The SMILES string of the molecule is CNC1=CC(=O)C(Cc2ccc(N)cc2)=CC1=Nc1ccc(N)cc1. The Morgan fingerprint density at radius 2 is 1.52 bits per heavy atom. The van der Waals surface area contributed by atoms with Crippen LogP contribution in [0.1, 0.15) is 5.56 Å². The lowest BCUT2D eigenvalue weighted by atomic mass is 9.94. The number of aliphatic imine (C=N–C) groups is 1. The van der Waals surface area contributed by atoms with E-state index >= 15 is 0 Å². The second-order valence-corrected chi connectivity index (χ2v) is 5.85. The Balaban J connectivity index is 1.92. The zero-order chi connectivity index (χ0) is 17.8. The van der Waals surface area contributed by atoms with Crippen LogP contribution in [0.25, 0.3) is 0 Å². The zero-order valence-electron chi connectivity index (χ0n) is 14.0. The highest BCUT2D eigenvalue weighted by atomic mass is 16.1. The minimum Gasteiger partial charge on any atom is -0.399 e. The van der Waals surface area contributed by atoms with Gasteiger partial charge in [0.25, 0.3) is 0 Å². The fourth-order valence-electron chi connectivity index (χ4n) is 2.59. The van der Waals surface area contributed by atoms with Crippen LogP contribution in [0.15, 0.2) is 76.9 Å². The summed E-state index contributed by atoms with van der Waals surface area (Å²) in [6.07, 6.45) is 3.96. The molecule has 2 aromatic rings. The number of carbonyl (C=O) groups is 1. The second kappa shape index (κ2) is 7.05. The van der Waals surface area contributed by atoms with Gasteiger partial charge in [0.05, 0.1) is 17.1 Å². The molecule has 25 heavy (non-hydrogen) atoms. The highest BCUT2D eigenvalue weighted by Gasteiger charge is 2.18. The topological polar surface area (TPSA) is 93.5 Å². The summed E-state index contributed by atoms with van der Waals surface area (Å²) < 4.78 is 0. The van der Waals surface area contributed by atoms with Gasteiger partial charge in [0.2, 0.25) is 0 Å². The standard InChI is InChI=1S/C20H20N4O/c1-23-18-12-20(25)14(10-13-2-4-15(21)5-3-13)11-19(18)24-17-8-6-16(22)7-9-17/h2-9,11-12,23H,10,21-22H2,1H3. The van der Waals surface area contributed by atoms with Gasteiger partial charge in [0.15, 0.2) is 5.78 Å². The molecule has 1 aliphatic carbocycles. The summed E-state index contributed by atoms with van der Waals surface area (Å²) >= 11 is 0. The van der Waals surface area contributed by atoms with Crippen LogP contribution in [0.2, 0.25) is 0 Å². The average molecular weight is 332 g/mol. The molecule has 5 heteroatoms. The highest BCUT2D eigenvalue weighted by molar-refractivity contribution is 6.22. The number of carbonyl (C=O) groups excluding carboxylic acids is 1. The summed E-state index contributed by atoms with van der Waals surface area (Å²) in [5, 5.41) is 3.03. The molecule has 0 saturated carbocycles. The summed E-state index contributed by atoms with van der Waals surface area (Å²) in [5.74, 6) is -0.0163. The fraction of sp³-hybridized carbons (Fsp3) is 0.100. The lowest BCUT2D eigenvalue weighted by Gasteiger charge is -2.15. The molecule has 0 spiro atoms. The maximum Gasteiger partial charge on any atom is 0.184 e. The van der Waals surface area contributed by atoms with Crippen molar-refractivity contribution in [1.82, 2.24) is 5.32 Å². The van der Waals surface area contributed by atoms with Gasteiger partial charge in [0, 0.05) is 36.5 Å². The number of nitrogen functional groups attached to an aromatic ring is 2. The van der Waals surface area contributed by atoms with E-state index in [1.54, 1.807) is 25.3 Å². The van der Waals surface area contributed by atoms with Crippen LogP contribution in [0.5, 0.6) is 0 Å². The number of nitrogens with one attached hydrogen (secondary N) is 1. The molecular weight excluding hydrogens is 312 g/mol. The number of ketones is 1. The predicted molar refractivity (Wildman–Crippen MR) is 103 cm³/mol. The van der Waals surface area contributed by atoms with E-state index in [1.165, 1.54) is 0 Å². The zero-order valence-corrected chi connectivity index (χ0v) is 14.0. The molecule has 126 valence electrons. The Bertz CT molecular complexity index is 875. The quantitative estimate of drug-likeness (QED) is 0.593. The van der Waals surface area contributed by atoms with Crippen LogP contribution in [0.4, 0.5) is 17.1 Å². The number of benzene rings is 2. The molecule has 0 fully saturated rings. The summed E-state index contributed by atoms with van der Waals surface area (Å²) in [5.41, 5.74) is 16.7. The Morgan fingerprint density at radius 3 is 2.12 bits per heavy atom. The van der Waals surface area contributed by atoms with Gasteiger partial charge in [-0.05, 0) is 48.0 Å². The third-order valence-electron chi connectivity index (χ3n) is 3.97. The van der Waals surface area contributed by atoms with E-state index in [9.17, 15) is 4.79 Å². The molecule has 3 rings (SSSR count). The van der Waals surface area contributed by atoms with Gasteiger partial charge >= 0.3 is 0 Å². The van der Waals surface area contributed by atoms with Gasteiger partial charge in [-0.25, -0.2) is 4.99 Å². The van der Waals surface area contributed by atoms with Crippen LogP contribution >= 0.6 is 0 Å². The Morgan fingerprint density at radius 1 is 0.920 bits per heavy atom. The maximum atomic E-state index is 12.4. The van der Waals surface area contributed by atoms with Crippen molar-refractivity contribution >= 4 is 28.6 Å². The number of rotatable bonds is 4. The predicted octanol–water partition coefficient (Wildman–Crippen LogP) is 2.78. The van der Waals surface area contributed by atoms with Gasteiger partial charge < -0.3 is 16.8 Å². The first-order valence-electron chi connectivity index (χ1n) is 7.98. The van der Waals surface area contributed by atoms with Crippen molar-refractivity contribution < 1.29 is 4.79 Å². The summed E-state index contributed by atoms with van der Waals surface area (Å²) in [6, 6.07) is 14.8. The third-order valence-corrected chi connectivity index (χ3v) is 3.97. The molecule has 0 aliphatic heterocycles. The summed E-state index contributed by atoms with van der Waals surface area (Å²) in [7, 11) is 1.77. The van der Waals surface area contributed by atoms with Gasteiger partial charge in [-0.2, -0.15) is 0 Å². The first kappa shape index (κ1) is 16.5. The monoisotopic (exact) mass is 332 g/mol. The number of hydrogen-bond acceptors (Lipinski definition) is 5. The molecular formula is C20H20N4O. The number of hydrogen-bond donors (Lipinski definition) is 3. The lowest BCUT2D eigenvalue weighted by molar-refractivity contribution is -0.111. The molecule has 0 heterocycles. The highest BCUT2D eigenvalue weighted by Crippen LogP contribution is 2.21. The molecule has 2 aromatic carbocycles. The largest absolute Gasteiger partial charge is 0.399 e. The number of nitrogens with zero attached hydrogens (tertiary/aromatic N) is 1. The van der Waals surface area contributed by atoms with E-state index in [0.717, 1.165) is 17.0 Å². The molecule has 0 bridgehead atoms. The smallest absolute Gasteiger partial charge is 0.184 e. The minimum atomic E-state index is -0.0163. The van der Waals surface area contributed by atoms with E-state index in [-0.39, 0.29) is 5.78 Å². The van der Waals surface area contributed by atoms with Crippen molar-refractivity contribution in [3.8, 4) is 0 Å². The molecule has 0 radical (unpaired) electrons. The van der Waals surface area contributed by atoms with E-state index in [2.05, 4.69) is 10.3 Å². The van der Waals surface area contributed by atoms with Crippen LogP contribution in [-0.4, -0.2) is 18.5 Å². The lowest BCUT2D eigenvalue weighted by Crippen LogP contribution is -2.22. The maximum absolute atomic E-state index is 12.4. The summed E-state index contributed by atoms with van der Waals surface area (Å²) in [6.45, 7) is 0. The van der Waals surface area contributed by atoms with Crippen molar-refractivity contribution in [2.24, 2.45) is 4.99 Å². The molecule has 0 amide bonds. The Labute approximate surface area is 146 Å². The number of nitrogens with two attached hydrogens (primary N) is 2. The molecule has 0 saturated heterocycles. The van der Waals surface area contributed by atoms with E-state index in [0.29, 0.717) is 29.1 Å².